The topological polar surface area (TPSA) is 115 Å². The Kier molecular flexibility index (Phi) is 8.66. The average Bonchev–Trinajstić information content (AvgIpc) is 2.63. The second-order valence-corrected chi connectivity index (χ2v) is 8.06. The first-order valence-electron chi connectivity index (χ1n) is 9.01. The van der Waals surface area contributed by atoms with Gasteiger partial charge in [-0.2, -0.15) is 18.2 Å². The number of nitrogens with zero attached hydrogens (tertiary/aromatic N) is 3. The number of rotatable bonds is 10. The molecule has 172 valence electrons. The molecule has 0 spiro atoms. The number of benzene rings is 1. The van der Waals surface area contributed by atoms with Crippen molar-refractivity contribution in [3.05, 3.63) is 28.2 Å². The first kappa shape index (κ1) is 25.3. The first-order valence-corrected chi connectivity index (χ1v) is 9.76. The number of aliphatic hydroxyl groups excluding tert-OH is 1. The van der Waals surface area contributed by atoms with Crippen molar-refractivity contribution in [2.75, 3.05) is 37.5 Å². The van der Waals surface area contributed by atoms with Crippen molar-refractivity contribution in [3.8, 4) is 11.3 Å². The quantitative estimate of drug-likeness (QED) is 0.469. The highest BCUT2D eigenvalue weighted by molar-refractivity contribution is 6.43. The van der Waals surface area contributed by atoms with E-state index in [1.807, 2.05) is 0 Å². The molecule has 31 heavy (non-hydrogen) atoms. The highest BCUT2D eigenvalue weighted by Crippen LogP contribution is 2.34. The molecule has 0 aliphatic rings. The van der Waals surface area contributed by atoms with Crippen LogP contribution in [0.15, 0.2) is 18.2 Å². The van der Waals surface area contributed by atoms with E-state index in [9.17, 15) is 18.3 Å². The van der Waals surface area contributed by atoms with Crippen LogP contribution in [0.25, 0.3) is 11.3 Å². The molecule has 0 bridgehead atoms. The summed E-state index contributed by atoms with van der Waals surface area (Å²) in [6.07, 6.45) is -5.65. The number of nitrogens with two attached hydrogens (primary N) is 1. The summed E-state index contributed by atoms with van der Waals surface area (Å²) in [6.45, 7) is 1.47. The van der Waals surface area contributed by atoms with Crippen molar-refractivity contribution >= 4 is 35.0 Å². The van der Waals surface area contributed by atoms with Gasteiger partial charge in [0, 0.05) is 5.56 Å². The zero-order valence-electron chi connectivity index (χ0n) is 16.7. The van der Waals surface area contributed by atoms with Gasteiger partial charge in [-0.25, -0.2) is 0 Å². The van der Waals surface area contributed by atoms with E-state index in [1.165, 1.54) is 0 Å². The van der Waals surface area contributed by atoms with Crippen LogP contribution >= 0.6 is 23.2 Å². The number of hydrogen-bond acceptors (Lipinski definition) is 8. The van der Waals surface area contributed by atoms with Gasteiger partial charge in [-0.05, 0) is 19.9 Å². The third-order valence-corrected chi connectivity index (χ3v) is 4.54. The third-order valence-electron chi connectivity index (χ3n) is 3.72. The number of nitrogen functional groups attached to an aromatic ring is 1. The van der Waals surface area contributed by atoms with E-state index < -0.39 is 31.0 Å². The molecule has 1 atom stereocenters. The normalized spacial score (nSPS) is 13.3. The SMILES string of the molecule is CC(C)(COCC(O)COCC(F)(F)F)Nc1nnc(-c2cccc(Cl)c2Cl)c(N)n1. The number of alkyl halides is 3. The van der Waals surface area contributed by atoms with Crippen LogP contribution in [-0.2, 0) is 9.47 Å². The molecule has 2 rings (SSSR count). The van der Waals surface area contributed by atoms with Crippen LogP contribution in [0.5, 0.6) is 0 Å². The molecule has 2 aromatic rings. The summed E-state index contributed by atoms with van der Waals surface area (Å²) in [7, 11) is 0. The smallest absolute Gasteiger partial charge is 0.388 e. The predicted octanol–water partition coefficient (Wildman–Crippen LogP) is 3.57. The summed E-state index contributed by atoms with van der Waals surface area (Å²) in [5.41, 5.74) is 6.04. The maximum Gasteiger partial charge on any atom is 0.411 e. The van der Waals surface area contributed by atoms with Crippen LogP contribution in [0, 0.1) is 0 Å². The van der Waals surface area contributed by atoms with Gasteiger partial charge in [-0.1, -0.05) is 35.3 Å². The van der Waals surface area contributed by atoms with E-state index in [0.717, 1.165) is 0 Å². The molecule has 0 saturated carbocycles. The van der Waals surface area contributed by atoms with Crippen LogP contribution < -0.4 is 11.1 Å². The molecule has 1 aromatic heterocycles. The second-order valence-electron chi connectivity index (χ2n) is 7.28. The fourth-order valence-corrected chi connectivity index (χ4v) is 2.81. The Labute approximate surface area is 186 Å². The van der Waals surface area contributed by atoms with Crippen molar-refractivity contribution in [2.24, 2.45) is 0 Å². The van der Waals surface area contributed by atoms with Gasteiger partial charge >= 0.3 is 6.18 Å². The summed E-state index contributed by atoms with van der Waals surface area (Å²) in [5, 5.41) is 21.3. The van der Waals surface area contributed by atoms with E-state index >= 15 is 0 Å². The molecule has 4 N–H and O–H groups in total. The maximum absolute atomic E-state index is 12.0. The number of aromatic nitrogens is 3. The zero-order valence-corrected chi connectivity index (χ0v) is 18.2. The highest BCUT2D eigenvalue weighted by atomic mass is 35.5. The second kappa shape index (κ2) is 10.6. The summed E-state index contributed by atoms with van der Waals surface area (Å²) in [6, 6.07) is 5.01. The van der Waals surface area contributed by atoms with Crippen LogP contribution in [0.1, 0.15) is 13.8 Å². The van der Waals surface area contributed by atoms with Crippen LogP contribution in [0.4, 0.5) is 24.9 Å². The highest BCUT2D eigenvalue weighted by Gasteiger charge is 2.28. The number of aliphatic hydroxyl groups is 1. The van der Waals surface area contributed by atoms with Crippen molar-refractivity contribution in [3.63, 3.8) is 0 Å². The third kappa shape index (κ3) is 8.26. The lowest BCUT2D eigenvalue weighted by atomic mass is 10.1. The zero-order chi connectivity index (χ0) is 23.2. The average molecular weight is 484 g/mol. The Morgan fingerprint density at radius 2 is 1.77 bits per heavy atom. The monoisotopic (exact) mass is 483 g/mol. The van der Waals surface area contributed by atoms with Crippen LogP contribution in [0.3, 0.4) is 0 Å². The van der Waals surface area contributed by atoms with Crippen molar-refractivity contribution < 1.29 is 27.8 Å². The Bertz CT molecular complexity index is 887. The van der Waals surface area contributed by atoms with Gasteiger partial charge < -0.3 is 25.6 Å². The van der Waals surface area contributed by atoms with Gasteiger partial charge in [0.2, 0.25) is 5.95 Å². The fourth-order valence-electron chi connectivity index (χ4n) is 2.42. The molecule has 1 heterocycles. The summed E-state index contributed by atoms with van der Waals surface area (Å²) in [5.74, 6) is 0.206. The molecule has 1 unspecified atom stereocenters. The van der Waals surface area contributed by atoms with E-state index in [2.05, 4.69) is 25.2 Å². The van der Waals surface area contributed by atoms with Crippen molar-refractivity contribution in [1.29, 1.82) is 0 Å². The Morgan fingerprint density at radius 3 is 2.39 bits per heavy atom. The van der Waals surface area contributed by atoms with Gasteiger partial charge in [-0.3, -0.25) is 0 Å². The lowest BCUT2D eigenvalue weighted by Gasteiger charge is -2.26. The van der Waals surface area contributed by atoms with E-state index in [-0.39, 0.29) is 35.7 Å². The number of nitrogens with one attached hydrogen (secondary N) is 1. The number of ether oxygens (including phenoxy) is 2. The van der Waals surface area contributed by atoms with Crippen LogP contribution in [-0.4, -0.2) is 64.5 Å². The Hall–Kier alpha value is -1.92. The molecule has 0 radical (unpaired) electrons. The predicted molar refractivity (Wildman–Crippen MR) is 111 cm³/mol. The minimum absolute atomic E-state index is 0.0778. The van der Waals surface area contributed by atoms with Gasteiger partial charge in [-0.15, -0.1) is 10.2 Å². The minimum Gasteiger partial charge on any atom is -0.388 e. The minimum atomic E-state index is -4.45. The Morgan fingerprint density at radius 1 is 1.13 bits per heavy atom. The number of anilines is 2. The molecule has 8 nitrogen and oxygen atoms in total. The molecule has 0 aliphatic heterocycles. The molecule has 0 saturated heterocycles. The molecule has 1 aromatic carbocycles. The van der Waals surface area contributed by atoms with E-state index in [0.29, 0.717) is 10.6 Å². The van der Waals surface area contributed by atoms with Crippen molar-refractivity contribution in [1.82, 2.24) is 15.2 Å². The van der Waals surface area contributed by atoms with Crippen molar-refractivity contribution in [2.45, 2.75) is 31.7 Å². The summed E-state index contributed by atoms with van der Waals surface area (Å²) >= 11 is 12.2. The van der Waals surface area contributed by atoms with Crippen LogP contribution in [0.2, 0.25) is 10.0 Å². The molecular formula is C18H22Cl2F3N5O3. The largest absolute Gasteiger partial charge is 0.411 e. The van der Waals surface area contributed by atoms with Gasteiger partial charge in [0.05, 0.1) is 35.4 Å². The molecule has 0 fully saturated rings. The molecular weight excluding hydrogens is 462 g/mol. The number of halogens is 5. The lowest BCUT2D eigenvalue weighted by Crippen LogP contribution is -2.38. The molecule has 0 aliphatic carbocycles. The van der Waals surface area contributed by atoms with Gasteiger partial charge in [0.25, 0.3) is 0 Å². The van der Waals surface area contributed by atoms with Gasteiger partial charge in [0.15, 0.2) is 5.82 Å². The van der Waals surface area contributed by atoms with E-state index in [4.69, 9.17) is 33.7 Å². The lowest BCUT2D eigenvalue weighted by molar-refractivity contribution is -0.180. The fraction of sp³-hybridized carbons (Fsp3) is 0.500. The summed E-state index contributed by atoms with van der Waals surface area (Å²) < 4.78 is 45.8. The van der Waals surface area contributed by atoms with E-state index in [1.54, 1.807) is 32.0 Å². The molecule has 0 amide bonds. The number of hydrogen-bond donors (Lipinski definition) is 3. The molecule has 13 heteroatoms. The van der Waals surface area contributed by atoms with Gasteiger partial charge in [0.1, 0.15) is 18.4 Å². The maximum atomic E-state index is 12.0. The first-order chi connectivity index (χ1) is 14.4. The standard InChI is InChI=1S/C18H22Cl2F3N5O3/c1-17(2,8-30-6-10(29)7-31-9-18(21,22)23)26-16-25-15(24)14(27-28-16)11-4-3-5-12(19)13(11)20/h3-5,10,29H,6-9H2,1-2H3,(H3,24,25,26,28). The summed E-state index contributed by atoms with van der Waals surface area (Å²) in [4.78, 5) is 4.17. The Balaban J connectivity index is 1.90.